The van der Waals surface area contributed by atoms with Crippen molar-refractivity contribution in [1.82, 2.24) is 0 Å². The molecule has 1 aromatic rings. The Kier molecular flexibility index (Phi) is 4.81. The number of halogens is 1. The lowest BCUT2D eigenvalue weighted by Crippen LogP contribution is -2.26. The van der Waals surface area contributed by atoms with Gasteiger partial charge in [-0.25, -0.2) is 17.6 Å². The van der Waals surface area contributed by atoms with Gasteiger partial charge in [-0.2, -0.15) is 0 Å². The van der Waals surface area contributed by atoms with Gasteiger partial charge in [-0.1, -0.05) is 6.07 Å². The minimum atomic E-state index is -3.00. The van der Waals surface area contributed by atoms with E-state index in [2.05, 4.69) is 0 Å². The first-order valence-electron chi connectivity index (χ1n) is 8.08. The Hall–Kier alpha value is -1.96. The maximum Gasteiger partial charge on any atom is 0.414 e. The van der Waals surface area contributed by atoms with Gasteiger partial charge in [0.15, 0.2) is 0 Å². The molecule has 0 saturated carbocycles. The molecule has 0 aliphatic carbocycles. The van der Waals surface area contributed by atoms with Crippen LogP contribution >= 0.6 is 0 Å². The van der Waals surface area contributed by atoms with E-state index in [0.717, 1.165) is 0 Å². The van der Waals surface area contributed by atoms with E-state index in [-0.39, 0.29) is 29.8 Å². The number of carbonyl (C=O) groups excluding carboxylic acids is 2. The number of Topliss-reactive ketones (excluding diaryl/α,β-unsaturated/α-hetero) is 1. The molecule has 0 aromatic heterocycles. The quantitative estimate of drug-likeness (QED) is 0.814. The minimum Gasteiger partial charge on any atom is -0.443 e. The minimum absolute atomic E-state index is 0.0693. The molecule has 1 aromatic carbocycles. The van der Waals surface area contributed by atoms with Crippen molar-refractivity contribution >= 4 is 27.4 Å². The molecule has 3 rings (SSSR count). The Morgan fingerprint density at radius 3 is 2.60 bits per heavy atom. The second kappa shape index (κ2) is 6.74. The van der Waals surface area contributed by atoms with Crippen LogP contribution in [0.2, 0.25) is 0 Å². The first kappa shape index (κ1) is 17.8. The van der Waals surface area contributed by atoms with Crippen molar-refractivity contribution in [3.05, 3.63) is 36.0 Å². The number of cyclic esters (lactones) is 1. The van der Waals surface area contributed by atoms with Gasteiger partial charge in [0.05, 0.1) is 30.2 Å². The molecule has 1 atom stereocenters. The molecule has 2 aliphatic heterocycles. The van der Waals surface area contributed by atoms with Crippen LogP contribution in [-0.2, 0) is 19.4 Å². The maximum atomic E-state index is 14.5. The molecule has 2 fully saturated rings. The molecule has 0 unspecified atom stereocenters. The first-order valence-corrected chi connectivity index (χ1v) is 9.91. The number of benzene rings is 1. The summed E-state index contributed by atoms with van der Waals surface area (Å²) in [5.74, 6) is -0.663. The van der Waals surface area contributed by atoms with Crippen LogP contribution in [0, 0.1) is 12.2 Å². The third-order valence-electron chi connectivity index (χ3n) is 4.55. The lowest BCUT2D eigenvalue weighted by atomic mass is 9.93. The predicted molar refractivity (Wildman–Crippen MR) is 89.6 cm³/mol. The summed E-state index contributed by atoms with van der Waals surface area (Å²) in [6, 6.07) is 4.48. The van der Waals surface area contributed by atoms with Crippen LogP contribution < -0.4 is 4.90 Å². The standard InChI is InChI=1S/C17H19FNO5S/c1-11(20)8-14-10-19(17(21)24-14)13-2-3-15(16(18)9-13)12-4-6-25(22,23)7-5-12/h2-3,8-9,12,14H,4-7,10H2,1H3/t14-/m1/s1. The van der Waals surface area contributed by atoms with E-state index in [1.54, 1.807) is 12.1 Å². The summed E-state index contributed by atoms with van der Waals surface area (Å²) in [5.41, 5.74) is 0.826. The van der Waals surface area contributed by atoms with E-state index in [9.17, 15) is 22.4 Å². The molecule has 1 amide bonds. The van der Waals surface area contributed by atoms with E-state index in [1.165, 1.54) is 24.3 Å². The molecular formula is C17H19FNO5S. The van der Waals surface area contributed by atoms with Gasteiger partial charge in [0.1, 0.15) is 27.5 Å². The Morgan fingerprint density at radius 2 is 2.00 bits per heavy atom. The molecule has 1 radical (unpaired) electrons. The number of anilines is 1. The molecule has 2 heterocycles. The fraction of sp³-hybridized carbons (Fsp3) is 0.471. The van der Waals surface area contributed by atoms with Gasteiger partial charge in [-0.05, 0) is 43.4 Å². The molecular weight excluding hydrogens is 349 g/mol. The molecule has 0 bridgehead atoms. The van der Waals surface area contributed by atoms with Crippen LogP contribution in [0.5, 0.6) is 0 Å². The molecule has 2 saturated heterocycles. The fourth-order valence-corrected chi connectivity index (χ4v) is 4.75. The second-order valence-electron chi connectivity index (χ2n) is 6.44. The van der Waals surface area contributed by atoms with E-state index in [4.69, 9.17) is 4.74 Å². The Morgan fingerprint density at radius 1 is 1.32 bits per heavy atom. The lowest BCUT2D eigenvalue weighted by molar-refractivity contribution is -0.114. The molecule has 135 valence electrons. The van der Waals surface area contributed by atoms with Gasteiger partial charge in [-0.15, -0.1) is 0 Å². The first-order chi connectivity index (χ1) is 11.7. The number of amides is 1. The average molecular weight is 368 g/mol. The summed E-state index contributed by atoms with van der Waals surface area (Å²) in [4.78, 5) is 24.3. The van der Waals surface area contributed by atoms with Crippen molar-refractivity contribution < 1.29 is 27.1 Å². The van der Waals surface area contributed by atoms with Gasteiger partial charge < -0.3 is 4.74 Å². The van der Waals surface area contributed by atoms with Crippen molar-refractivity contribution in [3.63, 3.8) is 0 Å². The summed E-state index contributed by atoms with van der Waals surface area (Å²) in [6.07, 6.45) is 0.847. The van der Waals surface area contributed by atoms with Crippen molar-refractivity contribution in [1.29, 1.82) is 0 Å². The number of nitrogens with zero attached hydrogens (tertiary/aromatic N) is 1. The van der Waals surface area contributed by atoms with Crippen molar-refractivity contribution in [2.45, 2.75) is 31.8 Å². The highest BCUT2D eigenvalue weighted by atomic mass is 32.2. The van der Waals surface area contributed by atoms with Gasteiger partial charge in [0.25, 0.3) is 0 Å². The average Bonchev–Trinajstić information content (AvgIpc) is 2.87. The number of rotatable bonds is 4. The monoisotopic (exact) mass is 368 g/mol. The molecule has 25 heavy (non-hydrogen) atoms. The molecule has 0 N–H and O–H groups in total. The number of sulfone groups is 1. The van der Waals surface area contributed by atoms with E-state index < -0.39 is 27.9 Å². The van der Waals surface area contributed by atoms with Gasteiger partial charge in [0, 0.05) is 0 Å². The normalized spacial score (nSPS) is 23.5. The topological polar surface area (TPSA) is 80.8 Å². The predicted octanol–water partition coefficient (Wildman–Crippen LogP) is 2.24. The van der Waals surface area contributed by atoms with Crippen LogP contribution in [-0.4, -0.2) is 44.4 Å². The van der Waals surface area contributed by atoms with Crippen LogP contribution in [0.15, 0.2) is 18.2 Å². The molecule has 2 aliphatic rings. The molecule has 8 heteroatoms. The highest BCUT2D eigenvalue weighted by molar-refractivity contribution is 7.91. The largest absolute Gasteiger partial charge is 0.443 e. The summed E-state index contributed by atoms with van der Waals surface area (Å²) in [7, 11) is -3.00. The van der Waals surface area contributed by atoms with Crippen LogP contribution in [0.25, 0.3) is 0 Å². The van der Waals surface area contributed by atoms with Gasteiger partial charge >= 0.3 is 6.09 Å². The number of hydrogen-bond donors (Lipinski definition) is 0. The molecule has 6 nitrogen and oxygen atoms in total. The zero-order valence-corrected chi connectivity index (χ0v) is 14.6. The van der Waals surface area contributed by atoms with Crippen molar-refractivity contribution in [2.75, 3.05) is 23.0 Å². The Balaban J connectivity index is 1.74. The SMILES string of the molecule is CC(=O)[CH][C@@H]1CN(c2ccc(C3CCS(=O)(=O)CC3)c(F)c2)C(=O)O1. The smallest absolute Gasteiger partial charge is 0.414 e. The number of ether oxygens (including phenoxy) is 1. The van der Waals surface area contributed by atoms with Crippen LogP contribution in [0.1, 0.15) is 31.2 Å². The zero-order valence-electron chi connectivity index (χ0n) is 13.8. The summed E-state index contributed by atoms with van der Waals surface area (Å²) >= 11 is 0. The van der Waals surface area contributed by atoms with Gasteiger partial charge in [-0.3, -0.25) is 9.69 Å². The van der Waals surface area contributed by atoms with E-state index >= 15 is 0 Å². The van der Waals surface area contributed by atoms with Crippen molar-refractivity contribution in [2.24, 2.45) is 0 Å². The number of hydrogen-bond acceptors (Lipinski definition) is 5. The van der Waals surface area contributed by atoms with Gasteiger partial charge in [0.2, 0.25) is 0 Å². The third-order valence-corrected chi connectivity index (χ3v) is 6.26. The number of ketones is 1. The third kappa shape index (κ3) is 4.00. The van der Waals surface area contributed by atoms with E-state index in [0.29, 0.717) is 24.1 Å². The summed E-state index contributed by atoms with van der Waals surface area (Å²) < 4.78 is 42.6. The van der Waals surface area contributed by atoms with E-state index in [1.807, 2.05) is 0 Å². The fourth-order valence-electron chi connectivity index (χ4n) is 3.26. The highest BCUT2D eigenvalue weighted by Gasteiger charge is 2.34. The van der Waals surface area contributed by atoms with Crippen LogP contribution in [0.4, 0.5) is 14.9 Å². The summed E-state index contributed by atoms with van der Waals surface area (Å²) in [6.45, 7) is 1.52. The highest BCUT2D eigenvalue weighted by Crippen LogP contribution is 2.33. The lowest BCUT2D eigenvalue weighted by Gasteiger charge is -2.23. The Bertz CT molecular complexity index is 793. The molecule has 0 spiro atoms. The zero-order chi connectivity index (χ0) is 18.2. The Labute approximate surface area is 145 Å². The second-order valence-corrected chi connectivity index (χ2v) is 8.75. The maximum absolute atomic E-state index is 14.5. The number of carbonyl (C=O) groups is 2. The van der Waals surface area contributed by atoms with Crippen molar-refractivity contribution in [3.8, 4) is 0 Å². The summed E-state index contributed by atoms with van der Waals surface area (Å²) in [5, 5.41) is 0. The van der Waals surface area contributed by atoms with Crippen LogP contribution in [0.3, 0.4) is 0 Å².